The Kier molecular flexibility index (Phi) is 5.32. The lowest BCUT2D eigenvalue weighted by Crippen LogP contribution is -2.47. The van der Waals surface area contributed by atoms with Gasteiger partial charge in [-0.05, 0) is 24.1 Å². The van der Waals surface area contributed by atoms with Crippen molar-refractivity contribution in [1.82, 2.24) is 4.72 Å². The van der Waals surface area contributed by atoms with Gasteiger partial charge in [0.1, 0.15) is 6.04 Å². The van der Waals surface area contributed by atoms with Gasteiger partial charge in [-0.1, -0.05) is 25.4 Å². The first-order valence-corrected chi connectivity index (χ1v) is 7.77. The normalized spacial score (nSPS) is 13.1. The molecule has 0 aliphatic heterocycles. The molecule has 0 bridgehead atoms. The van der Waals surface area contributed by atoms with Crippen LogP contribution in [0.5, 0.6) is 0 Å². The van der Waals surface area contributed by atoms with Gasteiger partial charge in [-0.25, -0.2) is 13.2 Å². The summed E-state index contributed by atoms with van der Waals surface area (Å²) in [4.78, 5) is 21.9. The number of carbonyl (C=O) groups excluding carboxylic acids is 1. The van der Waals surface area contributed by atoms with E-state index in [0.717, 1.165) is 18.2 Å². The third kappa shape index (κ3) is 4.16. The minimum atomic E-state index is -4.10. The third-order valence-electron chi connectivity index (χ3n) is 2.73. The Labute approximate surface area is 127 Å². The summed E-state index contributed by atoms with van der Waals surface area (Å²) >= 11 is 5.68. The Morgan fingerprint density at radius 1 is 1.33 bits per heavy atom. The van der Waals surface area contributed by atoms with Crippen LogP contribution < -0.4 is 10.5 Å². The highest BCUT2D eigenvalue weighted by Crippen LogP contribution is 2.21. The average Bonchev–Trinajstić information content (AvgIpc) is 2.35. The quantitative estimate of drug-likeness (QED) is 0.710. The van der Waals surface area contributed by atoms with Crippen LogP contribution in [0.15, 0.2) is 23.1 Å². The van der Waals surface area contributed by atoms with Gasteiger partial charge in [-0.2, -0.15) is 4.72 Å². The Morgan fingerprint density at radius 3 is 2.33 bits per heavy atom. The number of rotatable bonds is 6. The highest BCUT2D eigenvalue weighted by atomic mass is 35.5. The summed E-state index contributed by atoms with van der Waals surface area (Å²) in [6.45, 7) is 3.25. The number of hydrogen-bond acceptors (Lipinski definition) is 4. The lowest BCUT2D eigenvalue weighted by Gasteiger charge is -2.19. The lowest BCUT2D eigenvalue weighted by molar-refractivity contribution is -0.120. The second kappa shape index (κ2) is 6.42. The fourth-order valence-corrected chi connectivity index (χ4v) is 3.17. The first kappa shape index (κ1) is 17.4. The predicted octanol–water partition coefficient (Wildman–Crippen LogP) is 0.826. The van der Waals surface area contributed by atoms with Gasteiger partial charge in [0.25, 0.3) is 0 Å². The van der Waals surface area contributed by atoms with Crippen LogP contribution in [0, 0.1) is 5.92 Å². The van der Waals surface area contributed by atoms with Gasteiger partial charge in [0, 0.05) is 0 Å². The molecule has 0 heterocycles. The summed E-state index contributed by atoms with van der Waals surface area (Å²) < 4.78 is 26.5. The van der Waals surface area contributed by atoms with Crippen LogP contribution in [0.4, 0.5) is 0 Å². The molecule has 0 fully saturated rings. The number of nitrogens with one attached hydrogen (secondary N) is 1. The van der Waals surface area contributed by atoms with Gasteiger partial charge in [-0.3, -0.25) is 4.79 Å². The van der Waals surface area contributed by atoms with E-state index < -0.39 is 27.9 Å². The zero-order valence-electron chi connectivity index (χ0n) is 11.3. The summed E-state index contributed by atoms with van der Waals surface area (Å²) in [6, 6.07) is 2.13. The molecule has 4 N–H and O–H groups in total. The van der Waals surface area contributed by atoms with Crippen molar-refractivity contribution in [3.8, 4) is 0 Å². The van der Waals surface area contributed by atoms with Crippen LogP contribution in [-0.2, 0) is 14.8 Å². The number of nitrogens with two attached hydrogens (primary N) is 1. The molecule has 0 aliphatic rings. The Bertz CT molecular complexity index is 672. The van der Waals surface area contributed by atoms with Crippen LogP contribution in [0.3, 0.4) is 0 Å². The number of carboxylic acid groups (broad SMARTS) is 1. The number of halogens is 1. The van der Waals surface area contributed by atoms with E-state index >= 15 is 0 Å². The second-order valence-corrected chi connectivity index (χ2v) is 6.81. The van der Waals surface area contributed by atoms with Crippen molar-refractivity contribution in [2.24, 2.45) is 11.7 Å². The number of benzene rings is 1. The minimum absolute atomic E-state index is 0.0863. The molecule has 1 atom stereocenters. The maximum atomic E-state index is 12.2. The second-order valence-electron chi connectivity index (χ2n) is 4.69. The van der Waals surface area contributed by atoms with Crippen LogP contribution in [0.1, 0.15) is 24.2 Å². The van der Waals surface area contributed by atoms with Gasteiger partial charge in [-0.15, -0.1) is 0 Å². The molecule has 0 saturated heterocycles. The molecular formula is C12H15ClN2O5S. The molecule has 1 unspecified atom stereocenters. The number of hydrogen-bond donors (Lipinski definition) is 3. The topological polar surface area (TPSA) is 127 Å². The zero-order chi connectivity index (χ0) is 16.4. The van der Waals surface area contributed by atoms with Crippen molar-refractivity contribution in [3.05, 3.63) is 28.8 Å². The van der Waals surface area contributed by atoms with Crippen molar-refractivity contribution < 1.29 is 23.1 Å². The number of primary amides is 1. The molecule has 1 aromatic rings. The number of aromatic carboxylic acids is 1. The highest BCUT2D eigenvalue weighted by molar-refractivity contribution is 7.89. The molecule has 1 aromatic carbocycles. The van der Waals surface area contributed by atoms with Crippen molar-refractivity contribution in [2.75, 3.05) is 0 Å². The van der Waals surface area contributed by atoms with E-state index in [0.29, 0.717) is 0 Å². The van der Waals surface area contributed by atoms with Crippen LogP contribution in [-0.4, -0.2) is 31.4 Å². The molecule has 0 spiro atoms. The van der Waals surface area contributed by atoms with Gasteiger partial charge < -0.3 is 10.8 Å². The minimum Gasteiger partial charge on any atom is -0.478 e. The Morgan fingerprint density at radius 2 is 1.90 bits per heavy atom. The van der Waals surface area contributed by atoms with Crippen LogP contribution >= 0.6 is 11.6 Å². The molecule has 0 aromatic heterocycles. The molecule has 9 heteroatoms. The number of carbonyl (C=O) groups is 2. The smallest absolute Gasteiger partial charge is 0.337 e. The first-order valence-electron chi connectivity index (χ1n) is 5.90. The molecule has 1 amide bonds. The van der Waals surface area contributed by atoms with E-state index in [1.807, 2.05) is 0 Å². The van der Waals surface area contributed by atoms with E-state index in [1.165, 1.54) is 0 Å². The largest absolute Gasteiger partial charge is 0.478 e. The Hall–Kier alpha value is -1.64. The fraction of sp³-hybridized carbons (Fsp3) is 0.333. The first-order chi connectivity index (χ1) is 9.56. The summed E-state index contributed by atoms with van der Waals surface area (Å²) in [5.41, 5.74) is 4.80. The number of carboxylic acids is 1. The maximum Gasteiger partial charge on any atom is 0.337 e. The average molecular weight is 335 g/mol. The fourth-order valence-electron chi connectivity index (χ4n) is 1.59. The molecule has 116 valence electrons. The molecule has 7 nitrogen and oxygen atoms in total. The van der Waals surface area contributed by atoms with E-state index in [4.69, 9.17) is 22.4 Å². The molecule has 0 saturated carbocycles. The SMILES string of the molecule is CC(C)C(NS(=O)(=O)c1ccc(Cl)c(C(=O)O)c1)C(N)=O. The molecular weight excluding hydrogens is 320 g/mol. The van der Waals surface area contributed by atoms with Crippen molar-refractivity contribution in [2.45, 2.75) is 24.8 Å². The molecule has 1 rings (SSSR count). The van der Waals surface area contributed by atoms with Crippen LogP contribution in [0.25, 0.3) is 0 Å². The predicted molar refractivity (Wildman–Crippen MR) is 76.6 cm³/mol. The van der Waals surface area contributed by atoms with E-state index in [-0.39, 0.29) is 21.4 Å². The van der Waals surface area contributed by atoms with E-state index in [1.54, 1.807) is 13.8 Å². The summed E-state index contributed by atoms with van der Waals surface area (Å²) in [5.74, 6) is -2.53. The van der Waals surface area contributed by atoms with Crippen molar-refractivity contribution in [3.63, 3.8) is 0 Å². The van der Waals surface area contributed by atoms with Gasteiger partial charge in [0.2, 0.25) is 15.9 Å². The molecule has 0 radical (unpaired) electrons. The standard InChI is InChI=1S/C12H15ClN2O5S/c1-6(2)10(11(14)16)15-21(19,20)7-3-4-9(13)8(5-7)12(17)18/h3-6,10,15H,1-2H3,(H2,14,16)(H,17,18). The van der Waals surface area contributed by atoms with Crippen molar-refractivity contribution >= 4 is 33.5 Å². The molecule has 21 heavy (non-hydrogen) atoms. The van der Waals surface area contributed by atoms with E-state index in [9.17, 15) is 18.0 Å². The zero-order valence-corrected chi connectivity index (χ0v) is 12.9. The third-order valence-corrected chi connectivity index (χ3v) is 4.50. The summed E-state index contributed by atoms with van der Waals surface area (Å²) in [5, 5.41) is 8.85. The Balaban J connectivity index is 3.22. The van der Waals surface area contributed by atoms with Crippen molar-refractivity contribution in [1.29, 1.82) is 0 Å². The van der Waals surface area contributed by atoms with Crippen LogP contribution in [0.2, 0.25) is 5.02 Å². The monoisotopic (exact) mass is 334 g/mol. The highest BCUT2D eigenvalue weighted by Gasteiger charge is 2.27. The molecule has 0 aliphatic carbocycles. The van der Waals surface area contributed by atoms with E-state index in [2.05, 4.69) is 4.72 Å². The summed E-state index contributed by atoms with van der Waals surface area (Å²) in [7, 11) is -4.10. The van der Waals surface area contributed by atoms with Gasteiger partial charge in [0.15, 0.2) is 0 Å². The summed E-state index contributed by atoms with van der Waals surface area (Å²) in [6.07, 6.45) is 0. The van der Waals surface area contributed by atoms with Gasteiger partial charge in [0.05, 0.1) is 15.5 Å². The van der Waals surface area contributed by atoms with Gasteiger partial charge >= 0.3 is 5.97 Å². The number of sulfonamides is 1. The lowest BCUT2D eigenvalue weighted by atomic mass is 10.1. The maximum absolute atomic E-state index is 12.2. The number of amides is 1.